The van der Waals surface area contributed by atoms with Crippen LogP contribution in [0.25, 0.3) is 12.2 Å². The SMILES string of the molecule is C=Cc1ccc(C=C)cc1.[CH2]C=C. The Kier molecular flexibility index (Phi) is 6.26. The Morgan fingerprint density at radius 2 is 1.00 bits per heavy atom. The summed E-state index contributed by atoms with van der Waals surface area (Å²) in [4.78, 5) is 0. The summed E-state index contributed by atoms with van der Waals surface area (Å²) in [7, 11) is 0. The highest BCUT2D eigenvalue weighted by Gasteiger charge is 1.84. The highest BCUT2D eigenvalue weighted by molar-refractivity contribution is 5.53. The third kappa shape index (κ3) is 4.81. The molecule has 0 nitrogen and oxygen atoms in total. The molecule has 13 heavy (non-hydrogen) atoms. The molecular weight excluding hydrogens is 156 g/mol. The van der Waals surface area contributed by atoms with Crippen LogP contribution < -0.4 is 0 Å². The first-order valence-electron chi connectivity index (χ1n) is 4.03. The molecule has 0 saturated carbocycles. The summed E-state index contributed by atoms with van der Waals surface area (Å²) in [5.41, 5.74) is 2.29. The Morgan fingerprint density at radius 3 is 1.15 bits per heavy atom. The lowest BCUT2D eigenvalue weighted by Gasteiger charge is -1.92. The van der Waals surface area contributed by atoms with Gasteiger partial charge in [0.15, 0.2) is 0 Å². The molecule has 1 aromatic rings. The van der Waals surface area contributed by atoms with Crippen molar-refractivity contribution < 1.29 is 0 Å². The zero-order chi connectivity index (χ0) is 10.1. The molecule has 67 valence electrons. The van der Waals surface area contributed by atoms with E-state index in [9.17, 15) is 0 Å². The number of rotatable bonds is 2. The van der Waals surface area contributed by atoms with Crippen molar-refractivity contribution in [2.45, 2.75) is 0 Å². The third-order valence-corrected chi connectivity index (χ3v) is 1.41. The Balaban J connectivity index is 0.000000424. The van der Waals surface area contributed by atoms with Gasteiger partial charge in [-0.05, 0) is 18.1 Å². The quantitative estimate of drug-likeness (QED) is 0.631. The van der Waals surface area contributed by atoms with Gasteiger partial charge < -0.3 is 0 Å². The molecule has 0 N–H and O–H groups in total. The van der Waals surface area contributed by atoms with Gasteiger partial charge in [0.25, 0.3) is 0 Å². The first-order chi connectivity index (χ1) is 6.28. The number of hydrogen-bond acceptors (Lipinski definition) is 0. The van der Waals surface area contributed by atoms with Crippen LogP contribution in [0.3, 0.4) is 0 Å². The first kappa shape index (κ1) is 11.4. The van der Waals surface area contributed by atoms with Gasteiger partial charge in [0, 0.05) is 0 Å². The molecule has 0 bridgehead atoms. The second-order valence-electron chi connectivity index (χ2n) is 2.36. The van der Waals surface area contributed by atoms with Crippen LogP contribution in [-0.4, -0.2) is 0 Å². The third-order valence-electron chi connectivity index (χ3n) is 1.41. The van der Waals surface area contributed by atoms with Crippen LogP contribution in [-0.2, 0) is 0 Å². The van der Waals surface area contributed by atoms with Crippen LogP contribution >= 0.6 is 0 Å². The highest BCUT2D eigenvalue weighted by atomic mass is 13.9. The van der Waals surface area contributed by atoms with Crippen molar-refractivity contribution in [1.82, 2.24) is 0 Å². The van der Waals surface area contributed by atoms with Gasteiger partial charge in [0.2, 0.25) is 0 Å². The molecule has 1 aromatic carbocycles. The van der Waals surface area contributed by atoms with Crippen LogP contribution in [0.4, 0.5) is 0 Å². The van der Waals surface area contributed by atoms with Crippen LogP contribution in [0.2, 0.25) is 0 Å². The fraction of sp³-hybridized carbons (Fsp3) is 0. The van der Waals surface area contributed by atoms with Crippen molar-refractivity contribution in [2.24, 2.45) is 0 Å². The average Bonchev–Trinajstić information content (AvgIpc) is 2.19. The van der Waals surface area contributed by atoms with E-state index in [4.69, 9.17) is 0 Å². The van der Waals surface area contributed by atoms with Gasteiger partial charge in [-0.1, -0.05) is 55.7 Å². The minimum absolute atomic E-state index is 1.14. The predicted molar refractivity (Wildman–Crippen MR) is 62.2 cm³/mol. The average molecular weight is 171 g/mol. The lowest BCUT2D eigenvalue weighted by atomic mass is 10.1. The van der Waals surface area contributed by atoms with E-state index in [1.807, 2.05) is 36.4 Å². The zero-order valence-electron chi connectivity index (χ0n) is 7.87. The summed E-state index contributed by atoms with van der Waals surface area (Å²) in [6.07, 6.45) is 5.15. The zero-order valence-corrected chi connectivity index (χ0v) is 7.87. The van der Waals surface area contributed by atoms with Gasteiger partial charge in [-0.25, -0.2) is 0 Å². The molecule has 0 aliphatic heterocycles. The molecule has 0 heteroatoms. The smallest absolute Gasteiger partial charge is 0.0262 e. The Labute approximate surface area is 80.9 Å². The van der Waals surface area contributed by atoms with Gasteiger partial charge in [-0.3, -0.25) is 0 Å². The van der Waals surface area contributed by atoms with Crippen molar-refractivity contribution >= 4 is 12.2 Å². The maximum atomic E-state index is 3.66. The molecule has 1 radical (unpaired) electrons. The summed E-state index contributed by atoms with van der Waals surface area (Å²) in [5.74, 6) is 0. The highest BCUT2D eigenvalue weighted by Crippen LogP contribution is 2.05. The van der Waals surface area contributed by atoms with Crippen LogP contribution in [0.1, 0.15) is 11.1 Å². The Hall–Kier alpha value is -1.56. The van der Waals surface area contributed by atoms with E-state index in [0.717, 1.165) is 11.1 Å². The number of allylic oxidation sites excluding steroid dienone is 1. The van der Waals surface area contributed by atoms with E-state index >= 15 is 0 Å². The molecule has 0 unspecified atom stereocenters. The fourth-order valence-electron chi connectivity index (χ4n) is 0.768. The van der Waals surface area contributed by atoms with Gasteiger partial charge in [0.1, 0.15) is 0 Å². The second kappa shape index (κ2) is 7.11. The summed E-state index contributed by atoms with van der Waals surface area (Å²) in [6.45, 7) is 13.8. The molecule has 0 amide bonds. The maximum Gasteiger partial charge on any atom is -0.0262 e. The van der Waals surface area contributed by atoms with Gasteiger partial charge in [-0.2, -0.15) is 0 Å². The molecule has 0 aliphatic carbocycles. The maximum absolute atomic E-state index is 3.66. The summed E-state index contributed by atoms with van der Waals surface area (Å²) in [6, 6.07) is 8.07. The topological polar surface area (TPSA) is 0 Å². The lowest BCUT2D eigenvalue weighted by Crippen LogP contribution is -1.71. The van der Waals surface area contributed by atoms with Crippen LogP contribution in [0, 0.1) is 6.92 Å². The molecule has 0 atom stereocenters. The standard InChI is InChI=1S/C10H10.C3H5/c1-3-9-5-7-10(4-2)8-6-9;1-3-2/h3-8H,1-2H2;3H,1-2H2. The molecule has 0 aliphatic rings. The second-order valence-corrected chi connectivity index (χ2v) is 2.36. The largest absolute Gasteiger partial charge is 0.103 e. The lowest BCUT2D eigenvalue weighted by molar-refractivity contribution is 1.63. The van der Waals surface area contributed by atoms with E-state index in [-0.39, 0.29) is 0 Å². The predicted octanol–water partition coefficient (Wildman–Crippen LogP) is 3.98. The first-order valence-corrected chi connectivity index (χ1v) is 4.03. The normalized spacial score (nSPS) is 7.77. The molecule has 0 fully saturated rings. The molecule has 0 spiro atoms. The van der Waals surface area contributed by atoms with Gasteiger partial charge >= 0.3 is 0 Å². The Bertz CT molecular complexity index is 238. The molecule has 0 saturated heterocycles. The van der Waals surface area contributed by atoms with E-state index < -0.39 is 0 Å². The number of hydrogen-bond donors (Lipinski definition) is 0. The molecule has 0 aromatic heterocycles. The fourth-order valence-corrected chi connectivity index (χ4v) is 0.768. The minimum atomic E-state index is 1.14. The van der Waals surface area contributed by atoms with Gasteiger partial charge in [0.05, 0.1) is 0 Å². The van der Waals surface area contributed by atoms with Crippen molar-refractivity contribution in [2.75, 3.05) is 0 Å². The number of benzene rings is 1. The summed E-state index contributed by atoms with van der Waals surface area (Å²) < 4.78 is 0. The van der Waals surface area contributed by atoms with E-state index in [1.54, 1.807) is 0 Å². The minimum Gasteiger partial charge on any atom is -0.103 e. The van der Waals surface area contributed by atoms with E-state index in [1.165, 1.54) is 6.08 Å². The van der Waals surface area contributed by atoms with Gasteiger partial charge in [-0.15, -0.1) is 6.58 Å². The molecule has 0 heterocycles. The monoisotopic (exact) mass is 171 g/mol. The van der Waals surface area contributed by atoms with E-state index in [2.05, 4.69) is 26.7 Å². The summed E-state index contributed by atoms with van der Waals surface area (Å²) in [5, 5.41) is 0. The van der Waals surface area contributed by atoms with E-state index in [0.29, 0.717) is 0 Å². The van der Waals surface area contributed by atoms with Crippen LogP contribution in [0.5, 0.6) is 0 Å². The van der Waals surface area contributed by atoms with Crippen molar-refractivity contribution in [3.05, 3.63) is 68.1 Å². The van der Waals surface area contributed by atoms with Crippen molar-refractivity contribution in [3.63, 3.8) is 0 Å². The van der Waals surface area contributed by atoms with Crippen molar-refractivity contribution in [3.8, 4) is 0 Å². The molecule has 1 rings (SSSR count). The summed E-state index contributed by atoms with van der Waals surface area (Å²) >= 11 is 0. The Morgan fingerprint density at radius 1 is 0.769 bits per heavy atom. The van der Waals surface area contributed by atoms with Crippen molar-refractivity contribution in [1.29, 1.82) is 0 Å². The van der Waals surface area contributed by atoms with Crippen LogP contribution in [0.15, 0.2) is 50.1 Å². The molecular formula is C13H15.